The monoisotopic (exact) mass is 531 g/mol. The number of carbonyl (C=O) groups is 5. The molecule has 4 unspecified atom stereocenters. The first-order valence-electron chi connectivity index (χ1n) is 11.8. The number of amides is 4. The van der Waals surface area contributed by atoms with Crippen LogP contribution in [-0.4, -0.2) is 73.9 Å². The van der Waals surface area contributed by atoms with E-state index in [1.54, 1.807) is 13.8 Å². The zero-order valence-corrected chi connectivity index (χ0v) is 21.0. The molecular weight excluding hydrogens is 498 g/mol. The third-order valence-corrected chi connectivity index (χ3v) is 5.61. The van der Waals surface area contributed by atoms with Gasteiger partial charge in [-0.15, -0.1) is 0 Å². The highest BCUT2D eigenvalue weighted by Gasteiger charge is 2.32. The van der Waals surface area contributed by atoms with Crippen LogP contribution in [0.4, 0.5) is 0 Å². The number of primary amides is 1. The van der Waals surface area contributed by atoms with Crippen molar-refractivity contribution in [1.82, 2.24) is 25.9 Å². The Morgan fingerprint density at radius 3 is 2.11 bits per heavy atom. The number of hydrogen-bond donors (Lipinski definition) is 8. The van der Waals surface area contributed by atoms with E-state index in [1.165, 1.54) is 36.8 Å². The van der Waals surface area contributed by atoms with Crippen LogP contribution in [0.3, 0.4) is 0 Å². The molecular formula is C24H33N7O7. The molecule has 4 atom stereocenters. The van der Waals surface area contributed by atoms with Gasteiger partial charge in [0.05, 0.1) is 18.8 Å². The summed E-state index contributed by atoms with van der Waals surface area (Å²) >= 11 is 0. The number of aromatic hydroxyl groups is 1. The summed E-state index contributed by atoms with van der Waals surface area (Å²) in [6.45, 7) is 3.32. The van der Waals surface area contributed by atoms with Crippen LogP contribution in [0.15, 0.2) is 36.8 Å². The topological polar surface area (TPSA) is 243 Å². The van der Waals surface area contributed by atoms with Crippen molar-refractivity contribution in [3.8, 4) is 5.75 Å². The average molecular weight is 532 g/mol. The Morgan fingerprint density at radius 2 is 1.58 bits per heavy atom. The fourth-order valence-electron chi connectivity index (χ4n) is 3.53. The van der Waals surface area contributed by atoms with Gasteiger partial charge in [-0.2, -0.15) is 0 Å². The number of benzene rings is 1. The summed E-state index contributed by atoms with van der Waals surface area (Å²) in [7, 11) is 0. The minimum absolute atomic E-state index is 0.0135. The Morgan fingerprint density at radius 1 is 0.947 bits per heavy atom. The van der Waals surface area contributed by atoms with E-state index < -0.39 is 66.1 Å². The van der Waals surface area contributed by atoms with E-state index in [9.17, 15) is 34.2 Å². The Kier molecular flexibility index (Phi) is 10.8. The molecule has 10 N–H and O–H groups in total. The highest BCUT2D eigenvalue weighted by atomic mass is 16.4. The number of carboxylic acids is 1. The Balaban J connectivity index is 2.16. The first-order valence-corrected chi connectivity index (χ1v) is 11.8. The second-order valence-electron chi connectivity index (χ2n) is 9.12. The molecule has 0 aliphatic rings. The van der Waals surface area contributed by atoms with Crippen molar-refractivity contribution in [2.75, 3.05) is 0 Å². The fourth-order valence-corrected chi connectivity index (χ4v) is 3.53. The van der Waals surface area contributed by atoms with E-state index in [-0.39, 0.29) is 18.6 Å². The molecule has 38 heavy (non-hydrogen) atoms. The first-order chi connectivity index (χ1) is 17.9. The lowest BCUT2D eigenvalue weighted by Gasteiger charge is -2.27. The van der Waals surface area contributed by atoms with Gasteiger partial charge in [-0.05, 0) is 23.6 Å². The molecule has 2 rings (SSSR count). The van der Waals surface area contributed by atoms with Crippen molar-refractivity contribution in [3.63, 3.8) is 0 Å². The Labute approximate surface area is 218 Å². The van der Waals surface area contributed by atoms with Crippen LogP contribution >= 0.6 is 0 Å². The number of phenolic OH excluding ortho intramolecular Hbond substituents is 1. The maximum absolute atomic E-state index is 13.2. The maximum atomic E-state index is 13.2. The third kappa shape index (κ3) is 9.20. The number of aromatic amines is 1. The second kappa shape index (κ2) is 13.7. The minimum Gasteiger partial charge on any atom is -0.508 e. The summed E-state index contributed by atoms with van der Waals surface area (Å²) in [5.41, 5.74) is 11.8. The quantitative estimate of drug-likeness (QED) is 0.138. The van der Waals surface area contributed by atoms with Gasteiger partial charge in [-0.1, -0.05) is 26.0 Å². The van der Waals surface area contributed by atoms with Gasteiger partial charge in [0.15, 0.2) is 0 Å². The largest absolute Gasteiger partial charge is 0.508 e. The standard InChI is InChI=1S/C24H33N7O7/c1-12(2)20(23(36)30-18(24(37)38)7-13-3-5-15(32)6-4-13)31-22(35)17(8-14-10-27-11-28-14)29-21(34)16(25)9-19(26)33/h3-6,10-12,16-18,20,32H,7-9,25H2,1-2H3,(H2,26,33)(H,27,28)(H,29,34)(H,30,36)(H,31,35)(H,37,38). The van der Waals surface area contributed by atoms with Gasteiger partial charge >= 0.3 is 5.97 Å². The molecule has 1 heterocycles. The number of carbonyl (C=O) groups excluding carboxylic acids is 4. The van der Waals surface area contributed by atoms with Gasteiger partial charge in [0.25, 0.3) is 0 Å². The summed E-state index contributed by atoms with van der Waals surface area (Å²) < 4.78 is 0. The molecule has 1 aromatic carbocycles. The molecule has 1 aromatic heterocycles. The summed E-state index contributed by atoms with van der Waals surface area (Å²) in [5, 5.41) is 26.5. The lowest BCUT2D eigenvalue weighted by molar-refractivity contribution is -0.142. The zero-order chi connectivity index (χ0) is 28.4. The van der Waals surface area contributed by atoms with E-state index >= 15 is 0 Å². The van der Waals surface area contributed by atoms with Crippen molar-refractivity contribution in [1.29, 1.82) is 0 Å². The van der Waals surface area contributed by atoms with Gasteiger partial charge in [0.1, 0.15) is 23.9 Å². The molecule has 0 saturated heterocycles. The molecule has 0 saturated carbocycles. The molecule has 0 aliphatic heterocycles. The molecule has 14 heteroatoms. The van der Waals surface area contributed by atoms with Gasteiger partial charge in [0.2, 0.25) is 23.6 Å². The number of nitrogens with one attached hydrogen (secondary N) is 4. The summed E-state index contributed by atoms with van der Waals surface area (Å²) in [6.07, 6.45) is 2.31. The van der Waals surface area contributed by atoms with Gasteiger partial charge in [-0.3, -0.25) is 19.2 Å². The molecule has 0 aliphatic carbocycles. The van der Waals surface area contributed by atoms with Gasteiger partial charge in [-0.25, -0.2) is 9.78 Å². The highest BCUT2D eigenvalue weighted by Crippen LogP contribution is 2.12. The fraction of sp³-hybridized carbons (Fsp3) is 0.417. The molecule has 2 aromatic rings. The predicted molar refractivity (Wildman–Crippen MR) is 134 cm³/mol. The highest BCUT2D eigenvalue weighted by molar-refractivity contribution is 5.95. The van der Waals surface area contributed by atoms with E-state index in [1.807, 2.05) is 0 Å². The van der Waals surface area contributed by atoms with Crippen molar-refractivity contribution >= 4 is 29.6 Å². The van der Waals surface area contributed by atoms with E-state index in [4.69, 9.17) is 11.5 Å². The summed E-state index contributed by atoms with van der Waals surface area (Å²) in [6, 6.07) is 0.915. The summed E-state index contributed by atoms with van der Waals surface area (Å²) in [4.78, 5) is 68.4. The normalized spacial score (nSPS) is 14.1. The smallest absolute Gasteiger partial charge is 0.326 e. The molecule has 14 nitrogen and oxygen atoms in total. The number of rotatable bonds is 14. The van der Waals surface area contributed by atoms with Gasteiger partial charge < -0.3 is 42.6 Å². The predicted octanol–water partition coefficient (Wildman–Crippen LogP) is -1.70. The number of aliphatic carboxylic acids is 1. The van der Waals surface area contributed by atoms with Crippen LogP contribution in [0.25, 0.3) is 0 Å². The van der Waals surface area contributed by atoms with Crippen molar-refractivity contribution in [2.24, 2.45) is 17.4 Å². The number of H-pyrrole nitrogens is 1. The number of imidazole rings is 1. The number of phenols is 1. The van der Waals surface area contributed by atoms with Gasteiger partial charge in [0, 0.05) is 24.7 Å². The summed E-state index contributed by atoms with van der Waals surface area (Å²) in [5.74, 6) is -4.79. The van der Waals surface area contributed by atoms with Crippen LogP contribution < -0.4 is 27.4 Å². The van der Waals surface area contributed by atoms with E-state index in [2.05, 4.69) is 25.9 Å². The number of nitrogens with zero attached hydrogens (tertiary/aromatic N) is 1. The molecule has 0 fully saturated rings. The number of carboxylic acid groups (broad SMARTS) is 1. The van der Waals surface area contributed by atoms with E-state index in [0.29, 0.717) is 11.3 Å². The molecule has 0 spiro atoms. The van der Waals surface area contributed by atoms with Crippen LogP contribution in [-0.2, 0) is 36.8 Å². The van der Waals surface area contributed by atoms with Crippen LogP contribution in [0.1, 0.15) is 31.5 Å². The van der Waals surface area contributed by atoms with Crippen molar-refractivity contribution < 1.29 is 34.2 Å². The zero-order valence-electron chi connectivity index (χ0n) is 21.0. The van der Waals surface area contributed by atoms with E-state index in [0.717, 1.165) is 0 Å². The first kappa shape index (κ1) is 29.8. The average Bonchev–Trinajstić information content (AvgIpc) is 3.35. The third-order valence-electron chi connectivity index (χ3n) is 5.61. The number of nitrogens with two attached hydrogens (primary N) is 2. The van der Waals surface area contributed by atoms with Crippen LogP contribution in [0, 0.1) is 5.92 Å². The molecule has 0 radical (unpaired) electrons. The Hall–Kier alpha value is -4.46. The minimum atomic E-state index is -1.31. The lowest BCUT2D eigenvalue weighted by Crippen LogP contribution is -2.59. The number of aromatic nitrogens is 2. The molecule has 206 valence electrons. The number of hydrogen-bond acceptors (Lipinski definition) is 8. The molecule has 4 amide bonds. The van der Waals surface area contributed by atoms with Crippen molar-refractivity contribution in [2.45, 2.75) is 57.3 Å². The lowest BCUT2D eigenvalue weighted by atomic mass is 10.00. The van der Waals surface area contributed by atoms with Crippen molar-refractivity contribution in [3.05, 3.63) is 48.0 Å². The SMILES string of the molecule is CC(C)C(NC(=O)C(Cc1cnc[nH]1)NC(=O)C(N)CC(N)=O)C(=O)NC(Cc1ccc(O)cc1)C(=O)O. The molecule has 0 bridgehead atoms. The van der Waals surface area contributed by atoms with Crippen LogP contribution in [0.2, 0.25) is 0 Å². The Bertz CT molecular complexity index is 1120. The maximum Gasteiger partial charge on any atom is 0.326 e. The van der Waals surface area contributed by atoms with Crippen LogP contribution in [0.5, 0.6) is 5.75 Å². The second-order valence-corrected chi connectivity index (χ2v) is 9.12.